The number of benzene rings is 1. The molecule has 1 aliphatic rings. The number of ether oxygens (including phenoxy) is 1. The maximum absolute atomic E-state index is 12.1. The zero-order chi connectivity index (χ0) is 14.5. The lowest BCUT2D eigenvalue weighted by atomic mass is 10.2. The molecule has 0 aromatic heterocycles. The van der Waals surface area contributed by atoms with Gasteiger partial charge in [-0.25, -0.2) is 0 Å². The molecule has 2 rings (SSSR count). The van der Waals surface area contributed by atoms with Gasteiger partial charge in [-0.05, 0) is 45.2 Å². The summed E-state index contributed by atoms with van der Waals surface area (Å²) in [6.45, 7) is 7.59. The van der Waals surface area contributed by atoms with E-state index in [4.69, 9.17) is 4.74 Å². The highest BCUT2D eigenvalue weighted by atomic mass is 32.2. The molecule has 1 amide bonds. The Morgan fingerprint density at radius 2 is 2.30 bits per heavy atom. The topological polar surface area (TPSA) is 38.3 Å². The second kappa shape index (κ2) is 7.14. The third-order valence-electron chi connectivity index (χ3n) is 3.53. The number of carbonyl (C=O) groups is 1. The van der Waals surface area contributed by atoms with Crippen molar-refractivity contribution in [1.82, 2.24) is 5.32 Å². The average Bonchev–Trinajstić information content (AvgIpc) is 2.92. The van der Waals surface area contributed by atoms with E-state index in [2.05, 4.69) is 37.4 Å². The molecule has 1 saturated heterocycles. The SMILES string of the molecule is Cc1ccc(S[C@@H](C)C(=O)NC[C@@H]2CCCO2)c(C)c1. The minimum atomic E-state index is -0.0854. The number of rotatable bonds is 5. The maximum atomic E-state index is 12.1. The first-order valence-electron chi connectivity index (χ1n) is 7.19. The van der Waals surface area contributed by atoms with Crippen molar-refractivity contribution >= 4 is 17.7 Å². The van der Waals surface area contributed by atoms with Gasteiger partial charge in [-0.15, -0.1) is 11.8 Å². The van der Waals surface area contributed by atoms with Crippen LogP contribution in [0.5, 0.6) is 0 Å². The lowest BCUT2D eigenvalue weighted by molar-refractivity contribution is -0.120. The van der Waals surface area contributed by atoms with E-state index >= 15 is 0 Å². The number of amides is 1. The van der Waals surface area contributed by atoms with Crippen LogP contribution >= 0.6 is 11.8 Å². The average molecular weight is 293 g/mol. The van der Waals surface area contributed by atoms with Gasteiger partial charge >= 0.3 is 0 Å². The minimum absolute atomic E-state index is 0.0854. The van der Waals surface area contributed by atoms with Crippen LogP contribution in [0.3, 0.4) is 0 Å². The minimum Gasteiger partial charge on any atom is -0.376 e. The van der Waals surface area contributed by atoms with Gasteiger partial charge in [0.1, 0.15) is 0 Å². The highest BCUT2D eigenvalue weighted by Crippen LogP contribution is 2.27. The van der Waals surface area contributed by atoms with E-state index in [1.807, 2.05) is 6.92 Å². The molecule has 2 atom stereocenters. The Hall–Kier alpha value is -1.00. The molecule has 1 aromatic carbocycles. The van der Waals surface area contributed by atoms with E-state index in [1.165, 1.54) is 16.0 Å². The number of thioether (sulfide) groups is 1. The van der Waals surface area contributed by atoms with Crippen molar-refractivity contribution in [1.29, 1.82) is 0 Å². The summed E-state index contributed by atoms with van der Waals surface area (Å²) in [7, 11) is 0. The zero-order valence-corrected chi connectivity index (χ0v) is 13.3. The normalized spacial score (nSPS) is 19.9. The molecule has 1 N–H and O–H groups in total. The van der Waals surface area contributed by atoms with Crippen LogP contribution in [0.2, 0.25) is 0 Å². The number of aryl methyl sites for hydroxylation is 2. The molecule has 0 radical (unpaired) electrons. The van der Waals surface area contributed by atoms with E-state index in [-0.39, 0.29) is 17.3 Å². The summed E-state index contributed by atoms with van der Waals surface area (Å²) < 4.78 is 5.51. The van der Waals surface area contributed by atoms with Gasteiger partial charge in [-0.2, -0.15) is 0 Å². The van der Waals surface area contributed by atoms with Crippen molar-refractivity contribution < 1.29 is 9.53 Å². The molecule has 1 aromatic rings. The van der Waals surface area contributed by atoms with Crippen molar-refractivity contribution in [3.05, 3.63) is 29.3 Å². The van der Waals surface area contributed by atoms with Crippen LogP contribution in [0.15, 0.2) is 23.1 Å². The van der Waals surface area contributed by atoms with Crippen molar-refractivity contribution in [2.24, 2.45) is 0 Å². The van der Waals surface area contributed by atoms with Crippen molar-refractivity contribution in [2.75, 3.05) is 13.2 Å². The molecule has 110 valence electrons. The molecule has 0 unspecified atom stereocenters. The molecule has 1 heterocycles. The van der Waals surface area contributed by atoms with Gasteiger partial charge in [0, 0.05) is 18.0 Å². The van der Waals surface area contributed by atoms with Gasteiger partial charge in [-0.1, -0.05) is 17.7 Å². The summed E-state index contributed by atoms with van der Waals surface area (Å²) in [4.78, 5) is 13.3. The second-order valence-corrected chi connectivity index (χ2v) is 6.79. The Kier molecular flexibility index (Phi) is 5.49. The Bertz CT molecular complexity index is 470. The van der Waals surface area contributed by atoms with Crippen LogP contribution in [-0.4, -0.2) is 30.4 Å². The first-order valence-corrected chi connectivity index (χ1v) is 8.07. The van der Waals surface area contributed by atoms with Gasteiger partial charge in [0.25, 0.3) is 0 Å². The number of hydrogen-bond donors (Lipinski definition) is 1. The standard InChI is InChI=1S/C16H23NO2S/c1-11-6-7-15(12(2)9-11)20-13(3)16(18)17-10-14-5-4-8-19-14/h6-7,9,13-14H,4-5,8,10H2,1-3H3,(H,17,18)/t13-,14-/m0/s1. The van der Waals surface area contributed by atoms with E-state index in [1.54, 1.807) is 11.8 Å². The summed E-state index contributed by atoms with van der Waals surface area (Å²) >= 11 is 1.62. The van der Waals surface area contributed by atoms with Gasteiger partial charge in [-0.3, -0.25) is 4.79 Å². The molecule has 0 spiro atoms. The predicted octanol–water partition coefficient (Wildman–Crippen LogP) is 3.08. The molecule has 1 fully saturated rings. The summed E-state index contributed by atoms with van der Waals surface area (Å²) in [6.07, 6.45) is 2.36. The first kappa shape index (κ1) is 15.4. The van der Waals surface area contributed by atoms with Crippen molar-refractivity contribution in [3.8, 4) is 0 Å². The smallest absolute Gasteiger partial charge is 0.233 e. The van der Waals surface area contributed by atoms with E-state index in [9.17, 15) is 4.79 Å². The molecule has 3 nitrogen and oxygen atoms in total. The van der Waals surface area contributed by atoms with Crippen LogP contribution in [0.4, 0.5) is 0 Å². The highest BCUT2D eigenvalue weighted by Gasteiger charge is 2.19. The summed E-state index contributed by atoms with van der Waals surface area (Å²) in [5.74, 6) is 0.0884. The fourth-order valence-electron chi connectivity index (χ4n) is 2.34. The summed E-state index contributed by atoms with van der Waals surface area (Å²) in [5, 5.41) is 2.91. The lowest BCUT2D eigenvalue weighted by Crippen LogP contribution is -2.36. The number of nitrogens with one attached hydrogen (secondary N) is 1. The molecule has 4 heteroatoms. The van der Waals surface area contributed by atoms with Crippen LogP contribution in [0.25, 0.3) is 0 Å². The fraction of sp³-hybridized carbons (Fsp3) is 0.562. The quantitative estimate of drug-likeness (QED) is 0.848. The Labute approximate surface area is 125 Å². The first-order chi connectivity index (χ1) is 9.56. The summed E-state index contributed by atoms with van der Waals surface area (Å²) in [5.41, 5.74) is 2.48. The van der Waals surface area contributed by atoms with E-state index in [0.717, 1.165) is 19.4 Å². The molecule has 0 saturated carbocycles. The molecule has 0 bridgehead atoms. The van der Waals surface area contributed by atoms with Gasteiger partial charge < -0.3 is 10.1 Å². The third-order valence-corrected chi connectivity index (χ3v) is 4.81. The van der Waals surface area contributed by atoms with Gasteiger partial charge in [0.15, 0.2) is 0 Å². The lowest BCUT2D eigenvalue weighted by Gasteiger charge is -2.15. The van der Waals surface area contributed by atoms with Crippen LogP contribution < -0.4 is 5.32 Å². The van der Waals surface area contributed by atoms with Crippen molar-refractivity contribution in [3.63, 3.8) is 0 Å². The Morgan fingerprint density at radius 3 is 2.95 bits per heavy atom. The molecular formula is C16H23NO2S. The van der Waals surface area contributed by atoms with Crippen LogP contribution in [0.1, 0.15) is 30.9 Å². The molecular weight excluding hydrogens is 270 g/mol. The number of carbonyl (C=O) groups excluding carboxylic acids is 1. The number of hydrogen-bond acceptors (Lipinski definition) is 3. The van der Waals surface area contributed by atoms with E-state index in [0.29, 0.717) is 6.54 Å². The van der Waals surface area contributed by atoms with E-state index < -0.39 is 0 Å². The molecule has 0 aliphatic carbocycles. The molecule has 1 aliphatic heterocycles. The highest BCUT2D eigenvalue weighted by molar-refractivity contribution is 8.00. The van der Waals surface area contributed by atoms with Gasteiger partial charge in [0.05, 0.1) is 11.4 Å². The van der Waals surface area contributed by atoms with Gasteiger partial charge in [0.2, 0.25) is 5.91 Å². The zero-order valence-electron chi connectivity index (χ0n) is 12.4. The maximum Gasteiger partial charge on any atom is 0.233 e. The largest absolute Gasteiger partial charge is 0.376 e. The fourth-order valence-corrected chi connectivity index (χ4v) is 3.30. The monoisotopic (exact) mass is 293 g/mol. The Morgan fingerprint density at radius 1 is 1.50 bits per heavy atom. The summed E-state index contributed by atoms with van der Waals surface area (Å²) in [6, 6.07) is 6.34. The Balaban J connectivity index is 1.83. The van der Waals surface area contributed by atoms with Crippen molar-refractivity contribution in [2.45, 2.75) is 49.9 Å². The van der Waals surface area contributed by atoms with Crippen LogP contribution in [-0.2, 0) is 9.53 Å². The van der Waals surface area contributed by atoms with Crippen LogP contribution in [0, 0.1) is 13.8 Å². The third kappa shape index (κ3) is 4.25. The predicted molar refractivity (Wildman–Crippen MR) is 83.2 cm³/mol. The molecule has 20 heavy (non-hydrogen) atoms. The second-order valence-electron chi connectivity index (χ2n) is 5.41.